The largest absolute Gasteiger partial charge is 0.493 e. The summed E-state index contributed by atoms with van der Waals surface area (Å²) in [6.07, 6.45) is 7.77. The molecule has 0 spiro atoms. The minimum absolute atomic E-state index is 0.166. The predicted molar refractivity (Wildman–Crippen MR) is 164 cm³/mol. The van der Waals surface area contributed by atoms with E-state index in [-0.39, 0.29) is 24.3 Å². The Kier molecular flexibility index (Phi) is 15.0. The van der Waals surface area contributed by atoms with E-state index in [9.17, 15) is 19.5 Å². The van der Waals surface area contributed by atoms with Crippen LogP contribution in [0, 0.1) is 18.8 Å². The zero-order valence-electron chi connectivity index (χ0n) is 24.6. The molecule has 0 radical (unpaired) electrons. The van der Waals surface area contributed by atoms with Gasteiger partial charge in [-0.3, -0.25) is 14.4 Å². The highest BCUT2D eigenvalue weighted by atomic mass is 35.5. The highest BCUT2D eigenvalue weighted by molar-refractivity contribution is 6.30. The zero-order valence-corrected chi connectivity index (χ0v) is 25.3. The minimum Gasteiger partial charge on any atom is -0.493 e. The Morgan fingerprint density at radius 1 is 1.12 bits per heavy atom. The number of benzene rings is 2. The summed E-state index contributed by atoms with van der Waals surface area (Å²) in [5.41, 5.74) is 2.17. The summed E-state index contributed by atoms with van der Waals surface area (Å²) in [7, 11) is 1.51. The molecule has 0 aromatic heterocycles. The first-order valence-electron chi connectivity index (χ1n) is 14.2. The molecule has 2 aromatic rings. The summed E-state index contributed by atoms with van der Waals surface area (Å²) >= 11 is 5.61. The highest BCUT2D eigenvalue weighted by Crippen LogP contribution is 2.37. The predicted octanol–water partition coefficient (Wildman–Crippen LogP) is 4.62. The lowest BCUT2D eigenvalue weighted by molar-refractivity contribution is -0.143. The third-order valence-corrected chi connectivity index (χ3v) is 7.08. The van der Waals surface area contributed by atoms with E-state index in [0.29, 0.717) is 19.1 Å². The number of aliphatic hydroxyl groups is 1. The number of para-hydroxylation sites is 1. The van der Waals surface area contributed by atoms with Gasteiger partial charge in [0.2, 0.25) is 17.7 Å². The molecular formula is C32H44ClN3O5. The maximum Gasteiger partial charge on any atom is 0.245 e. The average molecular weight is 586 g/mol. The lowest BCUT2D eigenvalue weighted by atomic mass is 10.0. The summed E-state index contributed by atoms with van der Waals surface area (Å²) in [6, 6.07) is 14.4. The van der Waals surface area contributed by atoms with Gasteiger partial charge in [0.25, 0.3) is 0 Å². The maximum atomic E-state index is 12.5. The number of likely N-dealkylation sites (N-methyl/N-ethyl adjacent to an activating group) is 1. The van der Waals surface area contributed by atoms with Gasteiger partial charge >= 0.3 is 0 Å². The number of carbonyl (C=O) groups excluding carboxylic acids is 3. The second kappa shape index (κ2) is 18.1. The van der Waals surface area contributed by atoms with Crippen LogP contribution in [-0.4, -0.2) is 67.1 Å². The van der Waals surface area contributed by atoms with Crippen molar-refractivity contribution in [3.05, 3.63) is 70.8 Å². The molecule has 3 N–H and O–H groups in total. The molecule has 1 saturated carbocycles. The minimum atomic E-state index is -1.02. The molecule has 2 unspecified atom stereocenters. The first-order valence-corrected chi connectivity index (χ1v) is 14.6. The Morgan fingerprint density at radius 2 is 1.80 bits per heavy atom. The lowest BCUT2D eigenvalue weighted by Gasteiger charge is -2.28. The third kappa shape index (κ3) is 12.4. The molecule has 8 nitrogen and oxygen atoms in total. The number of halogens is 1. The van der Waals surface area contributed by atoms with Gasteiger partial charge in [-0.15, -0.1) is 0 Å². The number of hydrogen-bond acceptors (Lipinski definition) is 5. The molecule has 1 fully saturated rings. The van der Waals surface area contributed by atoms with E-state index in [1.54, 1.807) is 0 Å². The lowest BCUT2D eigenvalue weighted by Crippen LogP contribution is -2.52. The number of unbranched alkanes of at least 4 members (excludes halogenated alkanes) is 1. The summed E-state index contributed by atoms with van der Waals surface area (Å²) in [5.74, 6) is -0.103. The second-order valence-electron chi connectivity index (χ2n) is 10.2. The maximum absolute atomic E-state index is 12.5. The van der Waals surface area contributed by atoms with Crippen molar-refractivity contribution < 1.29 is 24.2 Å². The summed E-state index contributed by atoms with van der Waals surface area (Å²) in [6.45, 7) is 6.20. The molecule has 0 aliphatic heterocycles. The molecule has 224 valence electrons. The number of carbonyl (C=O) groups is 3. The van der Waals surface area contributed by atoms with Crippen molar-refractivity contribution in [2.45, 2.75) is 52.5 Å². The summed E-state index contributed by atoms with van der Waals surface area (Å²) in [4.78, 5) is 38.3. The Hall–Kier alpha value is -3.36. The van der Waals surface area contributed by atoms with Gasteiger partial charge in [-0.1, -0.05) is 79.9 Å². The molecule has 0 heterocycles. The van der Waals surface area contributed by atoms with Gasteiger partial charge in [-0.2, -0.15) is 0 Å². The fourth-order valence-corrected chi connectivity index (χ4v) is 4.10. The molecule has 2 atom stereocenters. The standard InChI is InChI=1S/C25H37N3O5.C7H7Cl/c1-4-5-15-33-22-11-7-6-9-20(22)10-8-14-26-23(30)16-27-24(31)21(17-29)28(3)25(32)18(2)19-12-13-19;1-6-2-4-7(8)5-3-6/h6-11,18-19,21,29H,4-5,12-17H2,1-3H3,(H,26,30)(H,27,31);2-5H,1H3/b10-8+;. The Labute approximate surface area is 249 Å². The van der Waals surface area contributed by atoms with Crippen molar-refractivity contribution in [1.29, 1.82) is 0 Å². The molecule has 3 amide bonds. The molecular weight excluding hydrogens is 542 g/mol. The van der Waals surface area contributed by atoms with Gasteiger partial charge in [-0.25, -0.2) is 0 Å². The van der Waals surface area contributed by atoms with Gasteiger partial charge in [0.15, 0.2) is 0 Å². The number of aryl methyl sites for hydroxylation is 1. The molecule has 9 heteroatoms. The first-order chi connectivity index (χ1) is 19.7. The van der Waals surface area contributed by atoms with E-state index < -0.39 is 18.6 Å². The van der Waals surface area contributed by atoms with Crippen molar-refractivity contribution >= 4 is 35.4 Å². The van der Waals surface area contributed by atoms with Crippen LogP contribution in [0.5, 0.6) is 5.75 Å². The normalized spacial score (nSPS) is 13.9. The average Bonchev–Trinajstić information content (AvgIpc) is 3.82. The Bertz CT molecular complexity index is 1110. The number of nitrogens with zero attached hydrogens (tertiary/aromatic N) is 1. The number of ether oxygens (including phenoxy) is 1. The van der Waals surface area contributed by atoms with Crippen LogP contribution in [0.2, 0.25) is 5.02 Å². The number of hydrogen-bond donors (Lipinski definition) is 3. The zero-order chi connectivity index (χ0) is 30.2. The van der Waals surface area contributed by atoms with Gasteiger partial charge in [-0.05, 0) is 50.3 Å². The molecule has 0 bridgehead atoms. The van der Waals surface area contributed by atoms with Crippen molar-refractivity contribution in [1.82, 2.24) is 15.5 Å². The van der Waals surface area contributed by atoms with Gasteiger partial charge in [0.1, 0.15) is 11.8 Å². The highest BCUT2D eigenvalue weighted by Gasteiger charge is 2.37. The van der Waals surface area contributed by atoms with E-state index in [1.165, 1.54) is 17.5 Å². The Balaban J connectivity index is 0.000000629. The smallest absolute Gasteiger partial charge is 0.245 e. The molecule has 2 aromatic carbocycles. The van der Waals surface area contributed by atoms with Crippen molar-refractivity contribution in [2.24, 2.45) is 11.8 Å². The molecule has 1 aliphatic rings. The van der Waals surface area contributed by atoms with Crippen LogP contribution in [0.1, 0.15) is 50.7 Å². The van der Waals surface area contributed by atoms with Crippen molar-refractivity contribution in [3.8, 4) is 5.75 Å². The summed E-state index contributed by atoms with van der Waals surface area (Å²) in [5, 5.41) is 15.6. The first kappa shape index (κ1) is 33.8. The van der Waals surface area contributed by atoms with E-state index in [2.05, 4.69) is 17.6 Å². The number of nitrogens with one attached hydrogen (secondary N) is 2. The number of aliphatic hydroxyl groups excluding tert-OH is 1. The van der Waals surface area contributed by atoms with Crippen molar-refractivity contribution in [2.75, 3.05) is 33.4 Å². The fraction of sp³-hybridized carbons (Fsp3) is 0.469. The monoisotopic (exact) mass is 585 g/mol. The number of rotatable bonds is 14. The molecule has 0 saturated heterocycles. The fourth-order valence-electron chi connectivity index (χ4n) is 3.97. The van der Waals surface area contributed by atoms with Gasteiger partial charge in [0, 0.05) is 30.1 Å². The topological polar surface area (TPSA) is 108 Å². The van der Waals surface area contributed by atoms with E-state index >= 15 is 0 Å². The van der Waals surface area contributed by atoms with Crippen molar-refractivity contribution in [3.63, 3.8) is 0 Å². The van der Waals surface area contributed by atoms with Crippen LogP contribution >= 0.6 is 11.6 Å². The van der Waals surface area contributed by atoms with Crippen LogP contribution in [0.4, 0.5) is 0 Å². The van der Waals surface area contributed by atoms with Crippen LogP contribution < -0.4 is 15.4 Å². The number of amides is 3. The SMILES string of the molecule is CCCCOc1ccccc1/C=C/CNC(=O)CNC(=O)C(CO)N(C)C(=O)C(C)C1CC1.Cc1ccc(Cl)cc1. The molecule has 3 rings (SSSR count). The van der Waals surface area contributed by atoms with E-state index in [0.717, 1.165) is 42.0 Å². The quantitative estimate of drug-likeness (QED) is 0.280. The van der Waals surface area contributed by atoms with Gasteiger partial charge in [0.05, 0.1) is 19.8 Å². The van der Waals surface area contributed by atoms with E-state index in [4.69, 9.17) is 16.3 Å². The van der Waals surface area contributed by atoms with Crippen LogP contribution in [0.15, 0.2) is 54.6 Å². The van der Waals surface area contributed by atoms with E-state index in [1.807, 2.05) is 74.5 Å². The van der Waals surface area contributed by atoms with Crippen LogP contribution in [0.3, 0.4) is 0 Å². The van der Waals surface area contributed by atoms with Gasteiger partial charge < -0.3 is 25.4 Å². The second-order valence-corrected chi connectivity index (χ2v) is 10.7. The third-order valence-electron chi connectivity index (χ3n) is 6.83. The Morgan fingerprint density at radius 3 is 2.41 bits per heavy atom. The summed E-state index contributed by atoms with van der Waals surface area (Å²) < 4.78 is 5.79. The molecule has 41 heavy (non-hydrogen) atoms. The molecule has 1 aliphatic carbocycles. The van der Waals surface area contributed by atoms with Crippen LogP contribution in [-0.2, 0) is 14.4 Å². The van der Waals surface area contributed by atoms with Crippen LogP contribution in [0.25, 0.3) is 6.08 Å².